The van der Waals surface area contributed by atoms with E-state index in [1.165, 1.54) is 39.0 Å². The van der Waals surface area contributed by atoms with Gasteiger partial charge in [-0.1, -0.05) is 0 Å². The van der Waals surface area contributed by atoms with Gasteiger partial charge in [-0.15, -0.1) is 0 Å². The van der Waals surface area contributed by atoms with Gasteiger partial charge in [-0.25, -0.2) is 0 Å². The zero-order valence-electron chi connectivity index (χ0n) is 14.4. The minimum atomic E-state index is -3.71. The van der Waals surface area contributed by atoms with Crippen LogP contribution in [-0.4, -0.2) is 0 Å². The standard InChI is InChI=1S/C13H9.C10H9.2ClH.Zr/c1-3-7-12-10(5-1)9-11-6-2-4-8-13(11)12;1-8-6-9-4-2-3-5-10(9)7-8;;;/h1-9H;2-7H,1H3;2*1H;/q;;;;+2/p-2. The van der Waals surface area contributed by atoms with Crippen molar-refractivity contribution < 1.29 is 17.9 Å². The molecule has 0 heterocycles. The van der Waals surface area contributed by atoms with Crippen molar-refractivity contribution in [3.63, 3.8) is 0 Å². The Morgan fingerprint density at radius 3 is 1.77 bits per heavy atom. The molecular weight excluding hydrogens is 438 g/mol. The van der Waals surface area contributed by atoms with Crippen molar-refractivity contribution in [1.82, 2.24) is 0 Å². The van der Waals surface area contributed by atoms with E-state index in [0.717, 1.165) is 0 Å². The fourth-order valence-electron chi connectivity index (χ4n) is 4.73. The molecule has 0 spiro atoms. The zero-order chi connectivity index (χ0) is 17.9. The summed E-state index contributed by atoms with van der Waals surface area (Å²) < 4.78 is 0.340. The van der Waals surface area contributed by atoms with Gasteiger partial charge in [0.1, 0.15) is 0 Å². The molecule has 1 unspecified atom stereocenters. The molecule has 0 fully saturated rings. The average molecular weight is 457 g/mol. The van der Waals surface area contributed by atoms with Crippen LogP contribution in [0.1, 0.15) is 36.4 Å². The maximum atomic E-state index is 7.46. The van der Waals surface area contributed by atoms with Gasteiger partial charge in [0, 0.05) is 0 Å². The molecule has 0 aliphatic heterocycles. The molecule has 1 atom stereocenters. The molecule has 0 nitrogen and oxygen atoms in total. The summed E-state index contributed by atoms with van der Waals surface area (Å²) in [6.07, 6.45) is 2.27. The first-order chi connectivity index (χ1) is 12.6. The molecule has 3 aromatic carbocycles. The molecule has 26 heavy (non-hydrogen) atoms. The molecule has 0 bridgehead atoms. The van der Waals surface area contributed by atoms with Crippen molar-refractivity contribution in [2.24, 2.45) is 0 Å². The summed E-state index contributed by atoms with van der Waals surface area (Å²) in [7, 11) is 14.9. The molecule has 0 radical (unpaired) electrons. The average Bonchev–Trinajstić information content (AvgIpc) is 3.16. The van der Waals surface area contributed by atoms with Gasteiger partial charge in [0.15, 0.2) is 0 Å². The van der Waals surface area contributed by atoms with E-state index in [-0.39, 0.29) is 7.25 Å². The van der Waals surface area contributed by atoms with E-state index in [4.69, 9.17) is 17.0 Å². The molecule has 3 heteroatoms. The third-order valence-electron chi connectivity index (χ3n) is 5.75. The van der Waals surface area contributed by atoms with Crippen LogP contribution in [0.15, 0.2) is 78.4 Å². The number of allylic oxidation sites excluding steroid dienone is 1. The number of hydrogen-bond acceptors (Lipinski definition) is 0. The molecule has 0 amide bonds. The number of halogens is 2. The van der Waals surface area contributed by atoms with Crippen LogP contribution in [0, 0.1) is 0 Å². The van der Waals surface area contributed by atoms with Crippen molar-refractivity contribution in [1.29, 1.82) is 0 Å². The summed E-state index contributed by atoms with van der Waals surface area (Å²) in [6.45, 7) is 2.19. The van der Waals surface area contributed by atoms with Crippen LogP contribution in [0.3, 0.4) is 0 Å². The van der Waals surface area contributed by atoms with Crippen LogP contribution in [0.4, 0.5) is 0 Å². The fourth-order valence-corrected chi connectivity index (χ4v) is 18.4. The molecule has 0 aromatic heterocycles. The summed E-state index contributed by atoms with van der Waals surface area (Å²) in [6, 6.07) is 25.8. The van der Waals surface area contributed by atoms with E-state index in [9.17, 15) is 0 Å². The normalized spacial score (nSPS) is 18.3. The van der Waals surface area contributed by atoms with Crippen LogP contribution in [-0.2, 0) is 17.9 Å². The summed E-state index contributed by atoms with van der Waals surface area (Å²) in [5.74, 6) is 0. The van der Waals surface area contributed by atoms with Crippen LogP contribution in [0.25, 0.3) is 17.2 Å². The van der Waals surface area contributed by atoms with Crippen molar-refractivity contribution in [2.75, 3.05) is 0 Å². The second-order valence-electron chi connectivity index (χ2n) is 7.23. The molecule has 0 saturated carbocycles. The van der Waals surface area contributed by atoms with E-state index >= 15 is 0 Å². The Hall–Kier alpha value is -1.14. The Morgan fingerprint density at radius 1 is 0.654 bits per heavy atom. The van der Waals surface area contributed by atoms with Crippen LogP contribution in [0.5, 0.6) is 0 Å². The number of fused-ring (bicyclic) bond motifs is 4. The van der Waals surface area contributed by atoms with Gasteiger partial charge in [0.05, 0.1) is 0 Å². The SMILES string of the molecule is CC1=Cc2ccccc2[CH]1[Zr]([Cl])([Cl])[CH]1c2ccccc2-c2ccccc21. The van der Waals surface area contributed by atoms with Gasteiger partial charge in [-0.3, -0.25) is 0 Å². The van der Waals surface area contributed by atoms with E-state index in [1.807, 2.05) is 0 Å². The fraction of sp³-hybridized carbons (Fsp3) is 0.130. The molecule has 0 N–H and O–H groups in total. The minimum absolute atomic E-state index is 0.152. The molecule has 2 aliphatic rings. The van der Waals surface area contributed by atoms with E-state index in [1.54, 1.807) is 0 Å². The van der Waals surface area contributed by atoms with Crippen molar-refractivity contribution in [3.8, 4) is 11.1 Å². The molecular formula is C23H18Cl2Zr. The van der Waals surface area contributed by atoms with Crippen LogP contribution in [0.2, 0.25) is 0 Å². The Morgan fingerprint density at radius 2 is 1.15 bits per heavy atom. The van der Waals surface area contributed by atoms with Crippen molar-refractivity contribution >= 4 is 23.1 Å². The predicted molar refractivity (Wildman–Crippen MR) is 108 cm³/mol. The van der Waals surface area contributed by atoms with Gasteiger partial charge >= 0.3 is 167 Å². The third kappa shape index (κ3) is 2.37. The second-order valence-corrected chi connectivity index (χ2v) is 21.9. The first kappa shape index (κ1) is 17.0. The van der Waals surface area contributed by atoms with E-state index in [2.05, 4.69) is 85.8 Å². The summed E-state index contributed by atoms with van der Waals surface area (Å²) in [5.41, 5.74) is 9.11. The van der Waals surface area contributed by atoms with E-state index in [0.29, 0.717) is 0 Å². The second kappa shape index (κ2) is 6.20. The maximum absolute atomic E-state index is 7.46. The number of rotatable bonds is 2. The molecule has 0 saturated heterocycles. The number of benzene rings is 3. The van der Waals surface area contributed by atoms with Crippen molar-refractivity contribution in [3.05, 3.63) is 101 Å². The summed E-state index contributed by atoms with van der Waals surface area (Å²) in [4.78, 5) is 0. The van der Waals surface area contributed by atoms with Gasteiger partial charge in [-0.2, -0.15) is 0 Å². The topological polar surface area (TPSA) is 0 Å². The monoisotopic (exact) mass is 454 g/mol. The Balaban J connectivity index is 1.72. The quantitative estimate of drug-likeness (QED) is 0.378. The molecule has 5 rings (SSSR count). The van der Waals surface area contributed by atoms with Gasteiger partial charge < -0.3 is 0 Å². The molecule has 128 valence electrons. The summed E-state index contributed by atoms with van der Waals surface area (Å²) >= 11 is -3.71. The van der Waals surface area contributed by atoms with Gasteiger partial charge in [-0.05, 0) is 0 Å². The number of hydrogen-bond donors (Lipinski definition) is 0. The Bertz CT molecular complexity index is 1010. The Labute approximate surface area is 166 Å². The van der Waals surface area contributed by atoms with Gasteiger partial charge in [0.2, 0.25) is 0 Å². The molecule has 2 aliphatic carbocycles. The van der Waals surface area contributed by atoms with Crippen molar-refractivity contribution in [2.45, 2.75) is 14.2 Å². The zero-order valence-corrected chi connectivity index (χ0v) is 18.4. The van der Waals surface area contributed by atoms with Crippen LogP contribution < -0.4 is 0 Å². The van der Waals surface area contributed by atoms with Gasteiger partial charge in [0.25, 0.3) is 0 Å². The van der Waals surface area contributed by atoms with E-state index < -0.39 is 17.9 Å². The van der Waals surface area contributed by atoms with Crippen LogP contribution >= 0.6 is 17.0 Å². The predicted octanol–water partition coefficient (Wildman–Crippen LogP) is 7.38. The first-order valence-corrected chi connectivity index (χ1v) is 18.1. The Kier molecular flexibility index (Phi) is 4.05. The summed E-state index contributed by atoms with van der Waals surface area (Å²) in [5, 5.41) is 0. The molecule has 3 aromatic rings. The third-order valence-corrected chi connectivity index (χ3v) is 18.1. The first-order valence-electron chi connectivity index (χ1n) is 8.92.